The summed E-state index contributed by atoms with van der Waals surface area (Å²) in [5.41, 5.74) is 2.79. The van der Waals surface area contributed by atoms with Crippen LogP contribution in [0, 0.1) is 11.6 Å². The van der Waals surface area contributed by atoms with Gasteiger partial charge in [0.15, 0.2) is 0 Å². The molecule has 0 aliphatic rings. The Labute approximate surface area is 159 Å². The molecule has 0 radical (unpaired) electrons. The van der Waals surface area contributed by atoms with Gasteiger partial charge in [-0.05, 0) is 36.4 Å². The van der Waals surface area contributed by atoms with E-state index in [0.717, 1.165) is 29.1 Å². The maximum absolute atomic E-state index is 13.7. The number of hydrogen-bond donors (Lipinski definition) is 1. The molecule has 138 valence electrons. The van der Waals surface area contributed by atoms with Crippen molar-refractivity contribution >= 4 is 11.6 Å². The maximum Gasteiger partial charge on any atom is 0.258 e. The first-order valence-corrected chi connectivity index (χ1v) is 8.45. The molecule has 3 aromatic carbocycles. The predicted molar refractivity (Wildman–Crippen MR) is 101 cm³/mol. The van der Waals surface area contributed by atoms with Crippen LogP contribution in [-0.2, 0) is 0 Å². The summed E-state index contributed by atoms with van der Waals surface area (Å²) in [4.78, 5) is 12.2. The van der Waals surface area contributed by atoms with Crippen LogP contribution in [0.15, 0.2) is 79.0 Å². The van der Waals surface area contributed by atoms with Gasteiger partial charge in [0.2, 0.25) is 0 Å². The molecule has 0 fully saturated rings. The second-order valence-corrected chi connectivity index (χ2v) is 6.02. The van der Waals surface area contributed by atoms with Crippen molar-refractivity contribution in [3.63, 3.8) is 0 Å². The average molecular weight is 376 g/mol. The zero-order valence-electron chi connectivity index (χ0n) is 14.5. The van der Waals surface area contributed by atoms with E-state index in [1.807, 2.05) is 30.3 Å². The number of anilines is 1. The van der Waals surface area contributed by atoms with Gasteiger partial charge in [-0.1, -0.05) is 35.5 Å². The van der Waals surface area contributed by atoms with E-state index in [2.05, 4.69) is 15.6 Å². The van der Waals surface area contributed by atoms with Crippen molar-refractivity contribution in [1.82, 2.24) is 15.0 Å². The van der Waals surface area contributed by atoms with Crippen molar-refractivity contribution in [2.45, 2.75) is 0 Å². The summed E-state index contributed by atoms with van der Waals surface area (Å²) in [5, 5.41) is 10.7. The maximum atomic E-state index is 13.7. The molecular formula is C21H14F2N4O. The zero-order valence-corrected chi connectivity index (χ0v) is 14.5. The van der Waals surface area contributed by atoms with E-state index in [1.165, 1.54) is 0 Å². The second kappa shape index (κ2) is 7.40. The Kier molecular flexibility index (Phi) is 4.63. The highest BCUT2D eigenvalue weighted by Crippen LogP contribution is 2.22. The molecule has 0 aliphatic heterocycles. The third-order valence-electron chi connectivity index (χ3n) is 4.16. The third-order valence-corrected chi connectivity index (χ3v) is 4.16. The number of carbonyl (C=O) groups is 1. The van der Waals surface area contributed by atoms with Crippen LogP contribution in [0.5, 0.6) is 0 Å². The number of nitrogens with zero attached hydrogens (tertiary/aromatic N) is 3. The molecule has 7 heteroatoms. The minimum Gasteiger partial charge on any atom is -0.322 e. The summed E-state index contributed by atoms with van der Waals surface area (Å²) in [6.45, 7) is 0. The smallest absolute Gasteiger partial charge is 0.258 e. The van der Waals surface area contributed by atoms with Gasteiger partial charge in [0.25, 0.3) is 5.91 Å². The molecule has 1 amide bonds. The Morgan fingerprint density at radius 2 is 1.68 bits per heavy atom. The van der Waals surface area contributed by atoms with E-state index >= 15 is 0 Å². The molecule has 0 unspecified atom stereocenters. The Bertz CT molecular complexity index is 1120. The average Bonchev–Trinajstić information content (AvgIpc) is 3.19. The van der Waals surface area contributed by atoms with Gasteiger partial charge in [-0.2, -0.15) is 0 Å². The summed E-state index contributed by atoms with van der Waals surface area (Å²) in [7, 11) is 0. The lowest BCUT2D eigenvalue weighted by atomic mass is 10.1. The Hall–Kier alpha value is -3.87. The van der Waals surface area contributed by atoms with Crippen molar-refractivity contribution in [3.05, 3.63) is 96.2 Å². The fourth-order valence-electron chi connectivity index (χ4n) is 2.79. The minimum atomic E-state index is -0.913. The normalized spacial score (nSPS) is 10.6. The van der Waals surface area contributed by atoms with E-state index < -0.39 is 17.5 Å². The topological polar surface area (TPSA) is 59.8 Å². The Morgan fingerprint density at radius 3 is 2.39 bits per heavy atom. The van der Waals surface area contributed by atoms with E-state index in [-0.39, 0.29) is 5.56 Å². The summed E-state index contributed by atoms with van der Waals surface area (Å²) >= 11 is 0. The molecule has 28 heavy (non-hydrogen) atoms. The summed E-state index contributed by atoms with van der Waals surface area (Å²) < 4.78 is 28.4. The molecule has 0 bridgehead atoms. The van der Waals surface area contributed by atoms with Gasteiger partial charge in [-0.15, -0.1) is 5.10 Å². The zero-order chi connectivity index (χ0) is 19.5. The van der Waals surface area contributed by atoms with Gasteiger partial charge in [-0.3, -0.25) is 4.79 Å². The van der Waals surface area contributed by atoms with Crippen molar-refractivity contribution in [3.8, 4) is 16.9 Å². The lowest BCUT2D eigenvalue weighted by Crippen LogP contribution is -2.14. The first-order chi connectivity index (χ1) is 13.6. The van der Waals surface area contributed by atoms with Crippen LogP contribution in [0.3, 0.4) is 0 Å². The molecule has 4 aromatic rings. The second-order valence-electron chi connectivity index (χ2n) is 6.02. The predicted octanol–water partition coefficient (Wildman–Crippen LogP) is 4.46. The fraction of sp³-hybridized carbons (Fsp3) is 0. The number of benzene rings is 3. The highest BCUT2D eigenvalue weighted by molar-refractivity contribution is 6.04. The first-order valence-electron chi connectivity index (χ1n) is 8.45. The Balaban J connectivity index is 1.55. The molecule has 0 atom stereocenters. The van der Waals surface area contributed by atoms with Crippen LogP contribution in [0.25, 0.3) is 16.9 Å². The lowest BCUT2D eigenvalue weighted by Gasteiger charge is -2.09. The van der Waals surface area contributed by atoms with E-state index in [9.17, 15) is 13.6 Å². The number of aromatic nitrogens is 3. The lowest BCUT2D eigenvalue weighted by molar-refractivity contribution is 0.102. The molecule has 0 spiro atoms. The molecule has 0 saturated heterocycles. The van der Waals surface area contributed by atoms with Crippen LogP contribution in [0.2, 0.25) is 0 Å². The van der Waals surface area contributed by atoms with Crippen molar-refractivity contribution < 1.29 is 13.6 Å². The standard InChI is InChI=1S/C21H14F2N4O/c22-15-6-11-18(19(23)12-15)21(28)25-16-7-9-17(10-8-16)27-20(13-24-26-27)14-4-2-1-3-5-14/h1-13H,(H,25,28). The monoisotopic (exact) mass is 376 g/mol. The SMILES string of the molecule is O=C(Nc1ccc(-n2nncc2-c2ccccc2)cc1)c1ccc(F)cc1F. The van der Waals surface area contributed by atoms with Crippen LogP contribution < -0.4 is 5.32 Å². The molecule has 5 nitrogen and oxygen atoms in total. The fourth-order valence-corrected chi connectivity index (χ4v) is 2.79. The van der Waals surface area contributed by atoms with Gasteiger partial charge < -0.3 is 5.32 Å². The van der Waals surface area contributed by atoms with Crippen molar-refractivity contribution in [2.75, 3.05) is 5.32 Å². The number of halogens is 2. The van der Waals surface area contributed by atoms with Gasteiger partial charge in [0.05, 0.1) is 23.1 Å². The Morgan fingerprint density at radius 1 is 0.929 bits per heavy atom. The number of amides is 1. The van der Waals surface area contributed by atoms with Gasteiger partial charge >= 0.3 is 0 Å². The van der Waals surface area contributed by atoms with Gasteiger partial charge in [0.1, 0.15) is 11.6 Å². The van der Waals surface area contributed by atoms with Gasteiger partial charge in [-0.25, -0.2) is 13.5 Å². The number of rotatable bonds is 4. The molecule has 4 rings (SSSR count). The number of hydrogen-bond acceptors (Lipinski definition) is 3. The van der Waals surface area contributed by atoms with Crippen LogP contribution in [-0.4, -0.2) is 20.9 Å². The summed E-state index contributed by atoms with van der Waals surface area (Å²) in [6, 6.07) is 19.4. The van der Waals surface area contributed by atoms with E-state index in [1.54, 1.807) is 35.1 Å². The first kappa shape index (κ1) is 17.5. The minimum absolute atomic E-state index is 0.229. The van der Waals surface area contributed by atoms with Crippen molar-refractivity contribution in [1.29, 1.82) is 0 Å². The number of carbonyl (C=O) groups excluding carboxylic acids is 1. The third kappa shape index (κ3) is 3.50. The summed E-state index contributed by atoms with van der Waals surface area (Å²) in [6.07, 6.45) is 1.67. The number of nitrogens with one attached hydrogen (secondary N) is 1. The summed E-state index contributed by atoms with van der Waals surface area (Å²) in [5.74, 6) is -2.30. The van der Waals surface area contributed by atoms with E-state index in [4.69, 9.17) is 0 Å². The van der Waals surface area contributed by atoms with E-state index in [0.29, 0.717) is 11.8 Å². The van der Waals surface area contributed by atoms with Crippen LogP contribution in [0.4, 0.5) is 14.5 Å². The molecular weight excluding hydrogens is 362 g/mol. The van der Waals surface area contributed by atoms with Crippen LogP contribution in [0.1, 0.15) is 10.4 Å². The largest absolute Gasteiger partial charge is 0.322 e. The molecule has 0 saturated carbocycles. The molecule has 1 N–H and O–H groups in total. The quantitative estimate of drug-likeness (QED) is 0.572. The molecule has 1 heterocycles. The van der Waals surface area contributed by atoms with Gasteiger partial charge in [0, 0.05) is 17.3 Å². The highest BCUT2D eigenvalue weighted by atomic mass is 19.1. The molecule has 0 aliphatic carbocycles. The van der Waals surface area contributed by atoms with Crippen LogP contribution >= 0.6 is 0 Å². The van der Waals surface area contributed by atoms with Crippen molar-refractivity contribution in [2.24, 2.45) is 0 Å². The molecule has 1 aromatic heterocycles. The highest BCUT2D eigenvalue weighted by Gasteiger charge is 2.13.